The van der Waals surface area contributed by atoms with E-state index in [1.165, 1.54) is 7.11 Å². The van der Waals surface area contributed by atoms with Gasteiger partial charge in [-0.2, -0.15) is 0 Å². The van der Waals surface area contributed by atoms with E-state index in [0.29, 0.717) is 38.2 Å². The molecule has 1 aromatic rings. The Hall–Kier alpha value is -2.72. The number of likely N-dealkylation sites (tertiary alicyclic amines) is 1. The maximum absolute atomic E-state index is 13.7. The lowest BCUT2D eigenvalue weighted by Gasteiger charge is -2.43. The summed E-state index contributed by atoms with van der Waals surface area (Å²) in [5.74, 6) is -0.125. The maximum atomic E-state index is 13.7. The lowest BCUT2D eigenvalue weighted by molar-refractivity contribution is -0.149. The normalized spacial score (nSPS) is 26.6. The molecule has 2 fully saturated rings. The van der Waals surface area contributed by atoms with Crippen molar-refractivity contribution < 1.29 is 23.9 Å². The maximum Gasteiger partial charge on any atom is 0.257 e. The van der Waals surface area contributed by atoms with Crippen LogP contribution >= 0.6 is 0 Å². The minimum absolute atomic E-state index is 0.00246. The summed E-state index contributed by atoms with van der Waals surface area (Å²) in [6.45, 7) is 6.08. The monoisotopic (exact) mass is 445 g/mol. The SMILES string of the molecule is COCC(=O)N1CCN2C(=O)[C@@H]3C[C@H](CN3C(C)C)NC(=O)c3cccnc3OC[C@@H]2C1. The number of methoxy groups -OCH3 is 1. The van der Waals surface area contributed by atoms with E-state index >= 15 is 0 Å². The van der Waals surface area contributed by atoms with Gasteiger partial charge < -0.3 is 24.6 Å². The van der Waals surface area contributed by atoms with Crippen molar-refractivity contribution in [3.63, 3.8) is 0 Å². The Morgan fingerprint density at radius 3 is 2.88 bits per heavy atom. The molecule has 0 aliphatic carbocycles. The number of aromatic nitrogens is 1. The van der Waals surface area contributed by atoms with Crippen molar-refractivity contribution in [3.05, 3.63) is 23.9 Å². The van der Waals surface area contributed by atoms with Crippen LogP contribution in [0.15, 0.2) is 18.3 Å². The zero-order valence-electron chi connectivity index (χ0n) is 18.8. The lowest BCUT2D eigenvalue weighted by atomic mass is 10.1. The Morgan fingerprint density at radius 1 is 1.31 bits per heavy atom. The highest BCUT2D eigenvalue weighted by Gasteiger charge is 2.44. The number of pyridine rings is 1. The highest BCUT2D eigenvalue weighted by atomic mass is 16.5. The van der Waals surface area contributed by atoms with E-state index in [4.69, 9.17) is 9.47 Å². The quantitative estimate of drug-likeness (QED) is 0.684. The van der Waals surface area contributed by atoms with Crippen molar-refractivity contribution in [3.8, 4) is 5.88 Å². The second-order valence-electron chi connectivity index (χ2n) is 8.84. The Balaban J connectivity index is 1.66. The van der Waals surface area contributed by atoms with E-state index in [1.807, 2.05) is 4.90 Å². The van der Waals surface area contributed by atoms with Gasteiger partial charge in [0.25, 0.3) is 5.91 Å². The molecule has 0 unspecified atom stereocenters. The smallest absolute Gasteiger partial charge is 0.257 e. The van der Waals surface area contributed by atoms with Gasteiger partial charge in [-0.3, -0.25) is 19.3 Å². The molecule has 1 N–H and O–H groups in total. The zero-order chi connectivity index (χ0) is 22.8. The molecule has 3 aliphatic rings. The van der Waals surface area contributed by atoms with Crippen LogP contribution in [-0.2, 0) is 14.3 Å². The van der Waals surface area contributed by atoms with Crippen LogP contribution in [0.3, 0.4) is 0 Å². The fraction of sp³-hybridized carbons (Fsp3) is 0.636. The molecule has 1 aromatic heterocycles. The second-order valence-corrected chi connectivity index (χ2v) is 8.84. The summed E-state index contributed by atoms with van der Waals surface area (Å²) in [7, 11) is 1.49. The van der Waals surface area contributed by atoms with Crippen LogP contribution in [0.4, 0.5) is 0 Å². The van der Waals surface area contributed by atoms with Gasteiger partial charge in [-0.25, -0.2) is 4.98 Å². The van der Waals surface area contributed by atoms with E-state index in [0.717, 1.165) is 0 Å². The second kappa shape index (κ2) is 9.41. The third-order valence-electron chi connectivity index (χ3n) is 6.44. The molecular weight excluding hydrogens is 414 g/mol. The summed E-state index contributed by atoms with van der Waals surface area (Å²) in [4.78, 5) is 49.0. The van der Waals surface area contributed by atoms with Crippen LogP contribution in [0.25, 0.3) is 0 Å². The Morgan fingerprint density at radius 2 is 2.12 bits per heavy atom. The van der Waals surface area contributed by atoms with E-state index in [1.54, 1.807) is 23.2 Å². The molecule has 0 spiro atoms. The number of piperazine rings is 1. The summed E-state index contributed by atoms with van der Waals surface area (Å²) in [6, 6.07) is 2.74. The van der Waals surface area contributed by atoms with Gasteiger partial charge in [0, 0.05) is 51.6 Å². The number of carbonyl (C=O) groups excluding carboxylic acids is 3. The molecule has 0 saturated carbocycles. The molecular formula is C22H31N5O5. The van der Waals surface area contributed by atoms with Crippen LogP contribution in [0.1, 0.15) is 30.6 Å². The van der Waals surface area contributed by atoms with Gasteiger partial charge in [-0.15, -0.1) is 0 Å². The number of hydrogen-bond donors (Lipinski definition) is 1. The molecule has 0 radical (unpaired) electrons. The molecule has 0 aromatic carbocycles. The first-order valence-corrected chi connectivity index (χ1v) is 11.1. The van der Waals surface area contributed by atoms with Crippen LogP contribution in [0.5, 0.6) is 5.88 Å². The van der Waals surface area contributed by atoms with Crippen molar-refractivity contribution in [2.45, 2.75) is 44.4 Å². The summed E-state index contributed by atoms with van der Waals surface area (Å²) in [6.07, 6.45) is 2.12. The predicted molar refractivity (Wildman–Crippen MR) is 115 cm³/mol. The Kier molecular flexibility index (Phi) is 6.61. The first kappa shape index (κ1) is 22.5. The van der Waals surface area contributed by atoms with Gasteiger partial charge in [0.15, 0.2) is 0 Å². The Labute approximate surface area is 187 Å². The molecule has 174 valence electrons. The fourth-order valence-electron chi connectivity index (χ4n) is 4.82. The number of carbonyl (C=O) groups is 3. The van der Waals surface area contributed by atoms with Crippen molar-refractivity contribution in [2.24, 2.45) is 0 Å². The fourth-order valence-corrected chi connectivity index (χ4v) is 4.82. The number of nitrogens with one attached hydrogen (secondary N) is 1. The third-order valence-corrected chi connectivity index (χ3v) is 6.44. The average Bonchev–Trinajstić information content (AvgIpc) is 3.21. The number of nitrogens with zero attached hydrogens (tertiary/aromatic N) is 4. The summed E-state index contributed by atoms with van der Waals surface area (Å²) >= 11 is 0. The molecule has 4 heterocycles. The lowest BCUT2D eigenvalue weighted by Crippen LogP contribution is -2.62. The van der Waals surface area contributed by atoms with E-state index < -0.39 is 0 Å². The van der Waals surface area contributed by atoms with Gasteiger partial charge >= 0.3 is 0 Å². The minimum Gasteiger partial charge on any atom is -0.475 e. The molecule has 4 rings (SSSR count). The van der Waals surface area contributed by atoms with Gasteiger partial charge in [0.05, 0.1) is 12.1 Å². The summed E-state index contributed by atoms with van der Waals surface area (Å²) in [5, 5.41) is 3.06. The van der Waals surface area contributed by atoms with Gasteiger partial charge in [0.1, 0.15) is 18.8 Å². The van der Waals surface area contributed by atoms with Crippen molar-refractivity contribution in [1.29, 1.82) is 0 Å². The largest absolute Gasteiger partial charge is 0.475 e. The van der Waals surface area contributed by atoms with Crippen LogP contribution in [0.2, 0.25) is 0 Å². The molecule has 3 amide bonds. The number of ether oxygens (including phenoxy) is 2. The van der Waals surface area contributed by atoms with Crippen LogP contribution < -0.4 is 10.1 Å². The van der Waals surface area contributed by atoms with E-state index in [-0.39, 0.29) is 61.0 Å². The first-order chi connectivity index (χ1) is 15.4. The third kappa shape index (κ3) is 4.42. The molecule has 2 bridgehead atoms. The van der Waals surface area contributed by atoms with Gasteiger partial charge in [-0.05, 0) is 32.4 Å². The number of fused-ring (bicyclic) bond motifs is 4. The zero-order valence-corrected chi connectivity index (χ0v) is 18.8. The van der Waals surface area contributed by atoms with Crippen molar-refractivity contribution in [1.82, 2.24) is 25.0 Å². The summed E-state index contributed by atoms with van der Waals surface area (Å²) in [5.41, 5.74) is 0.369. The van der Waals surface area contributed by atoms with Crippen molar-refractivity contribution in [2.75, 3.05) is 46.5 Å². The summed E-state index contributed by atoms with van der Waals surface area (Å²) < 4.78 is 11.0. The number of hydrogen-bond acceptors (Lipinski definition) is 7. The number of rotatable bonds is 3. The minimum atomic E-state index is -0.345. The highest BCUT2D eigenvalue weighted by molar-refractivity contribution is 5.96. The highest BCUT2D eigenvalue weighted by Crippen LogP contribution is 2.26. The molecule has 3 atom stereocenters. The molecule has 3 aliphatic heterocycles. The topological polar surface area (TPSA) is 104 Å². The average molecular weight is 446 g/mol. The molecule has 10 heteroatoms. The molecule has 32 heavy (non-hydrogen) atoms. The molecule has 10 nitrogen and oxygen atoms in total. The first-order valence-electron chi connectivity index (χ1n) is 11.1. The van der Waals surface area contributed by atoms with E-state index in [9.17, 15) is 14.4 Å². The van der Waals surface area contributed by atoms with E-state index in [2.05, 4.69) is 29.0 Å². The standard InChI is InChI=1S/C22H31N5O5/c1-14(2)27-10-15-9-18(27)22(30)26-8-7-25(19(28)13-31-3)11-16(26)12-32-21-17(20(29)24-15)5-4-6-23-21/h4-6,14-16,18H,7-13H2,1-3H3,(H,24,29)/t15-,16+,18+/m1/s1. The Bertz CT molecular complexity index is 878. The number of amides is 3. The van der Waals surface area contributed by atoms with Crippen LogP contribution in [0, 0.1) is 0 Å². The predicted octanol–water partition coefficient (Wildman–Crippen LogP) is -0.259. The van der Waals surface area contributed by atoms with Gasteiger partial charge in [-0.1, -0.05) is 0 Å². The van der Waals surface area contributed by atoms with Crippen LogP contribution in [-0.4, -0.2) is 108 Å². The van der Waals surface area contributed by atoms with Crippen molar-refractivity contribution >= 4 is 17.7 Å². The van der Waals surface area contributed by atoms with Gasteiger partial charge in [0.2, 0.25) is 17.7 Å². The molecule has 2 saturated heterocycles.